The third-order valence-electron chi connectivity index (χ3n) is 0.593. The van der Waals surface area contributed by atoms with Crippen molar-refractivity contribution in [3.63, 3.8) is 0 Å². The Bertz CT molecular complexity index is 81.7. The molecule has 0 radical (unpaired) electrons. The number of amides is 1. The zero-order chi connectivity index (χ0) is 6.41. The van der Waals surface area contributed by atoms with Gasteiger partial charge in [-0.15, -0.1) is 24.8 Å². The summed E-state index contributed by atoms with van der Waals surface area (Å²) in [7, 11) is 0. The highest BCUT2D eigenvalue weighted by molar-refractivity contribution is 5.85. The van der Waals surface area contributed by atoms with Gasteiger partial charge in [-0.1, -0.05) is 0 Å². The highest BCUT2D eigenvalue weighted by Gasteiger charge is 1.88. The Morgan fingerprint density at radius 2 is 1.90 bits per heavy atom. The molecule has 4 nitrogen and oxygen atoms in total. The Kier molecular flexibility index (Phi) is 19.0. The van der Waals surface area contributed by atoms with Crippen molar-refractivity contribution in [2.24, 2.45) is 11.5 Å². The minimum atomic E-state index is -0.738. The molecule has 0 saturated heterocycles. The van der Waals surface area contributed by atoms with Gasteiger partial charge in [-0.2, -0.15) is 0 Å². The first-order chi connectivity index (χ1) is 3.77. The molecule has 0 aromatic rings. The third kappa shape index (κ3) is 15.7. The SMILES string of the molecule is Cl.Cl.NCCCOC(N)=O. The number of rotatable bonds is 3. The lowest BCUT2D eigenvalue weighted by atomic mass is 10.5. The Labute approximate surface area is 72.1 Å². The van der Waals surface area contributed by atoms with Crippen molar-refractivity contribution in [2.75, 3.05) is 13.2 Å². The first-order valence-electron chi connectivity index (χ1n) is 2.39. The van der Waals surface area contributed by atoms with Crippen molar-refractivity contribution in [2.45, 2.75) is 6.42 Å². The first-order valence-corrected chi connectivity index (χ1v) is 2.39. The molecule has 0 aliphatic carbocycles. The highest BCUT2D eigenvalue weighted by atomic mass is 35.5. The van der Waals surface area contributed by atoms with E-state index in [4.69, 9.17) is 5.73 Å². The number of nitrogens with two attached hydrogens (primary N) is 2. The summed E-state index contributed by atoms with van der Waals surface area (Å²) in [4.78, 5) is 9.83. The van der Waals surface area contributed by atoms with Crippen LogP contribution >= 0.6 is 24.8 Å². The van der Waals surface area contributed by atoms with Gasteiger partial charge in [-0.25, -0.2) is 4.79 Å². The van der Waals surface area contributed by atoms with Crippen molar-refractivity contribution in [3.8, 4) is 0 Å². The molecule has 0 bridgehead atoms. The lowest BCUT2D eigenvalue weighted by Crippen LogP contribution is -2.15. The van der Waals surface area contributed by atoms with Gasteiger partial charge in [0.1, 0.15) is 0 Å². The molecule has 6 heteroatoms. The number of halogens is 2. The van der Waals surface area contributed by atoms with E-state index in [9.17, 15) is 4.79 Å². The van der Waals surface area contributed by atoms with Crippen LogP contribution in [0.5, 0.6) is 0 Å². The molecule has 0 saturated carbocycles. The van der Waals surface area contributed by atoms with Crippen molar-refractivity contribution in [1.82, 2.24) is 0 Å². The standard InChI is InChI=1S/C4H10N2O2.2ClH/c5-2-1-3-8-4(6)7;;/h1-3,5H2,(H2,6,7);2*1H. The van der Waals surface area contributed by atoms with Crippen LogP contribution in [0.1, 0.15) is 6.42 Å². The number of ether oxygens (including phenoxy) is 1. The zero-order valence-corrected chi connectivity index (χ0v) is 7.04. The fourth-order valence-electron chi connectivity index (χ4n) is 0.256. The van der Waals surface area contributed by atoms with Gasteiger partial charge in [0, 0.05) is 0 Å². The quantitative estimate of drug-likeness (QED) is 0.628. The summed E-state index contributed by atoms with van der Waals surface area (Å²) < 4.78 is 4.34. The molecule has 64 valence electrons. The van der Waals surface area contributed by atoms with Crippen LogP contribution in [-0.2, 0) is 4.74 Å². The average molecular weight is 191 g/mol. The van der Waals surface area contributed by atoms with Crippen LogP contribution in [0, 0.1) is 0 Å². The molecule has 0 unspecified atom stereocenters. The van der Waals surface area contributed by atoms with Crippen LogP contribution < -0.4 is 11.5 Å². The zero-order valence-electron chi connectivity index (χ0n) is 5.41. The molecule has 0 aliphatic heterocycles. The van der Waals surface area contributed by atoms with Gasteiger partial charge in [0.15, 0.2) is 0 Å². The number of hydrogen-bond donors (Lipinski definition) is 2. The third-order valence-corrected chi connectivity index (χ3v) is 0.593. The molecule has 0 spiro atoms. The van der Waals surface area contributed by atoms with Crippen LogP contribution in [0.2, 0.25) is 0 Å². The summed E-state index contributed by atoms with van der Waals surface area (Å²) in [5.74, 6) is 0. The normalized spacial score (nSPS) is 6.90. The summed E-state index contributed by atoms with van der Waals surface area (Å²) in [5.41, 5.74) is 9.71. The molecule has 10 heavy (non-hydrogen) atoms. The number of carbonyl (C=O) groups is 1. The van der Waals surface area contributed by atoms with Crippen LogP contribution in [0.25, 0.3) is 0 Å². The molecule has 1 amide bonds. The van der Waals surface area contributed by atoms with Crippen molar-refractivity contribution < 1.29 is 9.53 Å². The second-order valence-electron chi connectivity index (χ2n) is 1.31. The smallest absolute Gasteiger partial charge is 0.404 e. The summed E-state index contributed by atoms with van der Waals surface area (Å²) in [6, 6.07) is 0. The summed E-state index contributed by atoms with van der Waals surface area (Å²) in [5, 5.41) is 0. The van der Waals surface area contributed by atoms with E-state index in [0.717, 1.165) is 0 Å². The molecular weight excluding hydrogens is 179 g/mol. The van der Waals surface area contributed by atoms with E-state index in [2.05, 4.69) is 10.5 Å². The Morgan fingerprint density at radius 3 is 2.20 bits per heavy atom. The Hall–Kier alpha value is -0.190. The van der Waals surface area contributed by atoms with E-state index in [-0.39, 0.29) is 24.8 Å². The molecular formula is C4H12Cl2N2O2. The Balaban J connectivity index is -0.000000245. The topological polar surface area (TPSA) is 78.3 Å². The fraction of sp³-hybridized carbons (Fsp3) is 0.750. The predicted molar refractivity (Wildman–Crippen MR) is 43.7 cm³/mol. The number of hydrogen-bond acceptors (Lipinski definition) is 3. The van der Waals surface area contributed by atoms with Gasteiger partial charge in [0.25, 0.3) is 0 Å². The molecule has 0 fully saturated rings. The van der Waals surface area contributed by atoms with Crippen molar-refractivity contribution in [1.29, 1.82) is 0 Å². The maximum absolute atomic E-state index is 9.83. The van der Waals surface area contributed by atoms with Crippen molar-refractivity contribution in [3.05, 3.63) is 0 Å². The maximum atomic E-state index is 9.83. The van der Waals surface area contributed by atoms with Crippen LogP contribution in [0.4, 0.5) is 4.79 Å². The van der Waals surface area contributed by atoms with Crippen LogP contribution in [-0.4, -0.2) is 19.2 Å². The second-order valence-corrected chi connectivity index (χ2v) is 1.31. The summed E-state index contributed by atoms with van der Waals surface area (Å²) in [6.07, 6.45) is -0.0680. The van der Waals surface area contributed by atoms with Gasteiger partial charge >= 0.3 is 6.09 Å². The molecule has 4 N–H and O–H groups in total. The molecule has 0 rings (SSSR count). The van der Waals surface area contributed by atoms with E-state index < -0.39 is 6.09 Å². The fourth-order valence-corrected chi connectivity index (χ4v) is 0.256. The monoisotopic (exact) mass is 190 g/mol. The van der Waals surface area contributed by atoms with E-state index in [1.54, 1.807) is 0 Å². The minimum absolute atomic E-state index is 0. The molecule has 0 aliphatic rings. The van der Waals surface area contributed by atoms with Gasteiger partial charge in [-0.05, 0) is 13.0 Å². The second kappa shape index (κ2) is 11.6. The highest BCUT2D eigenvalue weighted by Crippen LogP contribution is 1.76. The number of primary amides is 1. The van der Waals surface area contributed by atoms with Crippen LogP contribution in [0.15, 0.2) is 0 Å². The van der Waals surface area contributed by atoms with Crippen molar-refractivity contribution >= 4 is 30.9 Å². The minimum Gasteiger partial charge on any atom is -0.450 e. The molecule has 0 aromatic heterocycles. The van der Waals surface area contributed by atoms with E-state index in [0.29, 0.717) is 19.6 Å². The summed E-state index contributed by atoms with van der Waals surface area (Å²) in [6.45, 7) is 0.846. The lowest BCUT2D eigenvalue weighted by Gasteiger charge is -1.96. The van der Waals surface area contributed by atoms with Gasteiger partial charge in [-0.3, -0.25) is 0 Å². The van der Waals surface area contributed by atoms with Gasteiger partial charge in [0.2, 0.25) is 0 Å². The lowest BCUT2D eigenvalue weighted by molar-refractivity contribution is 0.156. The molecule has 0 atom stereocenters. The maximum Gasteiger partial charge on any atom is 0.404 e. The van der Waals surface area contributed by atoms with Gasteiger partial charge < -0.3 is 16.2 Å². The average Bonchev–Trinajstić information content (AvgIpc) is 1.66. The molecule has 0 heterocycles. The van der Waals surface area contributed by atoms with Gasteiger partial charge in [0.05, 0.1) is 6.61 Å². The van der Waals surface area contributed by atoms with Crippen LogP contribution in [0.3, 0.4) is 0 Å². The van der Waals surface area contributed by atoms with E-state index in [1.165, 1.54) is 0 Å². The first kappa shape index (κ1) is 16.4. The number of carbonyl (C=O) groups excluding carboxylic acids is 1. The largest absolute Gasteiger partial charge is 0.450 e. The summed E-state index contributed by atoms with van der Waals surface area (Å²) >= 11 is 0. The predicted octanol–water partition coefficient (Wildman–Crippen LogP) is 0.274. The van der Waals surface area contributed by atoms with E-state index in [1.807, 2.05) is 0 Å². The van der Waals surface area contributed by atoms with E-state index >= 15 is 0 Å². The molecule has 0 aromatic carbocycles. The Morgan fingerprint density at radius 1 is 1.40 bits per heavy atom.